The lowest BCUT2D eigenvalue weighted by molar-refractivity contribution is -0.138. The molecule has 0 bridgehead atoms. The van der Waals surface area contributed by atoms with Gasteiger partial charge in [-0.05, 0) is 49.5 Å². The topological polar surface area (TPSA) is 116 Å². The molecule has 0 aliphatic carbocycles. The van der Waals surface area contributed by atoms with Crippen LogP contribution >= 0.6 is 12.2 Å². The molecule has 1 unspecified atom stereocenters. The number of anilines is 2. The third-order valence-electron chi connectivity index (χ3n) is 4.35. The molecule has 0 aliphatic heterocycles. The Bertz CT molecular complexity index is 1050. The van der Waals surface area contributed by atoms with E-state index in [0.29, 0.717) is 11.4 Å². The number of nitrogens with zero attached hydrogens (tertiary/aromatic N) is 4. The Labute approximate surface area is 172 Å². The maximum absolute atomic E-state index is 12.5. The number of tetrazole rings is 1. The first-order chi connectivity index (χ1) is 14.0. The summed E-state index contributed by atoms with van der Waals surface area (Å²) in [6, 6.07) is 15.5. The van der Waals surface area contributed by atoms with E-state index < -0.39 is 12.0 Å². The molecule has 0 radical (unpaired) electrons. The number of hydrogen-bond donors (Lipinski definition) is 3. The second-order valence-corrected chi connectivity index (χ2v) is 6.67. The molecule has 3 rings (SSSR count). The quantitative estimate of drug-likeness (QED) is 0.487. The molecular formula is C19H20N6O3S. The van der Waals surface area contributed by atoms with Gasteiger partial charge in [0.05, 0.1) is 5.69 Å². The zero-order valence-electron chi connectivity index (χ0n) is 15.6. The highest BCUT2D eigenvalue weighted by Crippen LogP contribution is 2.18. The van der Waals surface area contributed by atoms with Crippen LogP contribution in [0.3, 0.4) is 0 Å². The third kappa shape index (κ3) is 5.05. The van der Waals surface area contributed by atoms with Gasteiger partial charge in [0.1, 0.15) is 6.04 Å². The van der Waals surface area contributed by atoms with E-state index in [4.69, 9.17) is 12.2 Å². The average Bonchev–Trinajstić information content (AvgIpc) is 3.15. The molecule has 0 aliphatic rings. The lowest BCUT2D eigenvalue weighted by Gasteiger charge is -2.28. The standard InChI is InChI=1S/C19H20N6O3S/c1-13(18(27)28)24(15-7-3-2-4-8-15)11-10-17(26)20-14-6-5-9-16(12-14)25-19(29)21-22-23-25/h2-9,12-13H,10-11H2,1H3,(H,20,26)(H,27,28)(H,21,23,29). The van der Waals surface area contributed by atoms with Crippen molar-refractivity contribution >= 4 is 35.5 Å². The van der Waals surface area contributed by atoms with Crippen LogP contribution in [0, 0.1) is 4.77 Å². The first-order valence-corrected chi connectivity index (χ1v) is 9.31. The number of nitrogens with one attached hydrogen (secondary N) is 2. The molecule has 0 spiro atoms. The van der Waals surface area contributed by atoms with Crippen molar-refractivity contribution in [2.24, 2.45) is 0 Å². The normalized spacial score (nSPS) is 11.6. The second kappa shape index (κ2) is 9.11. The first-order valence-electron chi connectivity index (χ1n) is 8.90. The number of H-pyrrole nitrogens is 1. The summed E-state index contributed by atoms with van der Waals surface area (Å²) in [4.78, 5) is 25.6. The highest BCUT2D eigenvalue weighted by atomic mass is 32.1. The summed E-state index contributed by atoms with van der Waals surface area (Å²) in [6.45, 7) is 1.86. The fourth-order valence-corrected chi connectivity index (χ4v) is 3.02. The number of carbonyl (C=O) groups is 2. The van der Waals surface area contributed by atoms with Gasteiger partial charge in [0.2, 0.25) is 10.7 Å². The van der Waals surface area contributed by atoms with Crippen molar-refractivity contribution in [2.75, 3.05) is 16.8 Å². The smallest absolute Gasteiger partial charge is 0.326 e. The minimum Gasteiger partial charge on any atom is -0.480 e. The van der Waals surface area contributed by atoms with Crippen LogP contribution in [-0.2, 0) is 9.59 Å². The second-order valence-electron chi connectivity index (χ2n) is 6.31. The Kier molecular flexibility index (Phi) is 6.35. The number of amides is 1. The number of carbonyl (C=O) groups excluding carboxylic acids is 1. The number of hydrogen-bond acceptors (Lipinski definition) is 6. The van der Waals surface area contributed by atoms with Gasteiger partial charge in [0.25, 0.3) is 0 Å². The predicted molar refractivity (Wildman–Crippen MR) is 111 cm³/mol. The highest BCUT2D eigenvalue weighted by Gasteiger charge is 2.21. The van der Waals surface area contributed by atoms with Crippen molar-refractivity contribution in [3.63, 3.8) is 0 Å². The van der Waals surface area contributed by atoms with Crippen LogP contribution in [0.25, 0.3) is 5.69 Å². The number of aromatic amines is 1. The molecule has 0 saturated heterocycles. The van der Waals surface area contributed by atoms with E-state index in [1.165, 1.54) is 4.68 Å². The molecule has 2 aromatic carbocycles. The lowest BCUT2D eigenvalue weighted by Crippen LogP contribution is -2.40. The van der Waals surface area contributed by atoms with Crippen molar-refractivity contribution in [3.8, 4) is 5.69 Å². The molecule has 1 heterocycles. The van der Waals surface area contributed by atoms with Gasteiger partial charge in [-0.2, -0.15) is 5.21 Å². The Hall–Kier alpha value is -3.53. The molecule has 0 fully saturated rings. The molecule has 0 saturated carbocycles. The van der Waals surface area contributed by atoms with Gasteiger partial charge in [0.15, 0.2) is 0 Å². The molecule has 1 atom stereocenters. The summed E-state index contributed by atoms with van der Waals surface area (Å²) in [7, 11) is 0. The number of aliphatic carboxylic acids is 1. The highest BCUT2D eigenvalue weighted by molar-refractivity contribution is 7.71. The molecule has 3 N–H and O–H groups in total. The number of rotatable bonds is 8. The Balaban J connectivity index is 1.68. The summed E-state index contributed by atoms with van der Waals surface area (Å²) in [5.41, 5.74) is 2.02. The van der Waals surface area contributed by atoms with E-state index in [2.05, 4.69) is 20.8 Å². The Morgan fingerprint density at radius 2 is 2.00 bits per heavy atom. The molecular weight excluding hydrogens is 392 g/mol. The monoisotopic (exact) mass is 412 g/mol. The van der Waals surface area contributed by atoms with E-state index >= 15 is 0 Å². The fourth-order valence-electron chi connectivity index (χ4n) is 2.83. The van der Waals surface area contributed by atoms with Gasteiger partial charge in [-0.1, -0.05) is 34.6 Å². The van der Waals surface area contributed by atoms with Crippen molar-refractivity contribution in [3.05, 3.63) is 59.4 Å². The molecule has 150 valence electrons. The van der Waals surface area contributed by atoms with Crippen molar-refractivity contribution in [2.45, 2.75) is 19.4 Å². The molecule has 1 amide bonds. The molecule has 29 heavy (non-hydrogen) atoms. The zero-order chi connectivity index (χ0) is 20.8. The first kappa shape index (κ1) is 20.2. The van der Waals surface area contributed by atoms with Gasteiger partial charge < -0.3 is 15.3 Å². The van der Waals surface area contributed by atoms with Gasteiger partial charge in [-0.15, -0.1) is 0 Å². The van der Waals surface area contributed by atoms with E-state index in [1.807, 2.05) is 30.3 Å². The van der Waals surface area contributed by atoms with Crippen LogP contribution in [0.15, 0.2) is 54.6 Å². The van der Waals surface area contributed by atoms with Gasteiger partial charge in [-0.25, -0.2) is 9.48 Å². The Morgan fingerprint density at radius 3 is 2.66 bits per heavy atom. The number of carboxylic acids is 1. The number of carboxylic acid groups (broad SMARTS) is 1. The average molecular weight is 412 g/mol. The third-order valence-corrected chi connectivity index (χ3v) is 4.62. The van der Waals surface area contributed by atoms with Crippen LogP contribution in [0.2, 0.25) is 0 Å². The fraction of sp³-hybridized carbons (Fsp3) is 0.211. The van der Waals surface area contributed by atoms with Gasteiger partial charge in [0, 0.05) is 24.3 Å². The number of aromatic nitrogens is 4. The molecule has 1 aromatic heterocycles. The van der Waals surface area contributed by atoms with Crippen molar-refractivity contribution in [1.82, 2.24) is 20.2 Å². The summed E-state index contributed by atoms with van der Waals surface area (Å²) < 4.78 is 1.78. The summed E-state index contributed by atoms with van der Waals surface area (Å²) in [5.74, 6) is -1.18. The minimum atomic E-state index is -0.952. The van der Waals surface area contributed by atoms with Crippen LogP contribution < -0.4 is 10.2 Å². The predicted octanol–water partition coefficient (Wildman–Crippen LogP) is 2.63. The summed E-state index contributed by atoms with van der Waals surface area (Å²) >= 11 is 5.08. The van der Waals surface area contributed by atoms with Gasteiger partial charge >= 0.3 is 5.97 Å². The van der Waals surface area contributed by atoms with Crippen LogP contribution in [-0.4, -0.2) is 49.8 Å². The maximum Gasteiger partial charge on any atom is 0.326 e. The Morgan fingerprint density at radius 1 is 1.24 bits per heavy atom. The van der Waals surface area contributed by atoms with Gasteiger partial charge in [-0.3, -0.25) is 4.79 Å². The maximum atomic E-state index is 12.5. The molecule has 10 heteroatoms. The van der Waals surface area contributed by atoms with Crippen LogP contribution in [0.4, 0.5) is 11.4 Å². The molecule has 3 aromatic rings. The number of benzene rings is 2. The van der Waals surface area contributed by atoms with Crippen LogP contribution in [0.1, 0.15) is 13.3 Å². The van der Waals surface area contributed by atoms with Crippen LogP contribution in [0.5, 0.6) is 0 Å². The van der Waals surface area contributed by atoms with E-state index in [0.717, 1.165) is 5.69 Å². The SMILES string of the molecule is CC(C(=O)O)N(CCC(=O)Nc1cccc(-n2[nH]nnc2=S)c1)c1ccccc1. The zero-order valence-corrected chi connectivity index (χ0v) is 16.5. The summed E-state index contributed by atoms with van der Waals surface area (Å²) in [6.07, 6.45) is 0.127. The van der Waals surface area contributed by atoms with Crippen molar-refractivity contribution in [1.29, 1.82) is 0 Å². The van der Waals surface area contributed by atoms with Crippen molar-refractivity contribution < 1.29 is 14.7 Å². The van der Waals surface area contributed by atoms with E-state index in [1.54, 1.807) is 36.1 Å². The molecule has 9 nitrogen and oxygen atoms in total. The van der Waals surface area contributed by atoms with E-state index in [-0.39, 0.29) is 23.6 Å². The summed E-state index contributed by atoms with van der Waals surface area (Å²) in [5, 5.41) is 22.2. The lowest BCUT2D eigenvalue weighted by atomic mass is 10.2. The van der Waals surface area contributed by atoms with E-state index in [9.17, 15) is 14.7 Å². The largest absolute Gasteiger partial charge is 0.480 e. The minimum absolute atomic E-state index is 0.127. The number of para-hydroxylation sites is 1.